The van der Waals surface area contributed by atoms with Crippen LogP contribution in [0, 0.1) is 0 Å². The van der Waals surface area contributed by atoms with E-state index in [1.807, 2.05) is 37.3 Å². The number of carbonyl (C=O) groups is 2. The lowest BCUT2D eigenvalue weighted by Gasteiger charge is -2.08. The van der Waals surface area contributed by atoms with Crippen LogP contribution in [0.5, 0.6) is 5.75 Å². The molecule has 0 aliphatic rings. The Labute approximate surface area is 148 Å². The van der Waals surface area contributed by atoms with Crippen LogP contribution >= 0.6 is 0 Å². The third-order valence-corrected chi connectivity index (χ3v) is 3.40. The predicted octanol–water partition coefficient (Wildman–Crippen LogP) is 4.05. The average Bonchev–Trinajstić information content (AvgIpc) is 2.65. The van der Waals surface area contributed by atoms with E-state index in [-0.39, 0.29) is 11.9 Å². The molecule has 132 valence electrons. The van der Waals surface area contributed by atoms with Crippen molar-refractivity contribution in [2.24, 2.45) is 0 Å². The number of hydrogen-bond donors (Lipinski definition) is 1. The fraction of sp³-hybridized carbons (Fsp3) is 0.300. The molecule has 0 atom stereocenters. The highest BCUT2D eigenvalue weighted by atomic mass is 16.5. The number of benzene rings is 2. The van der Waals surface area contributed by atoms with Crippen LogP contribution in [-0.4, -0.2) is 25.1 Å². The minimum Gasteiger partial charge on any atom is -0.494 e. The summed E-state index contributed by atoms with van der Waals surface area (Å²) in [4.78, 5) is 23.6. The Kier molecular flexibility index (Phi) is 7.50. The van der Waals surface area contributed by atoms with Gasteiger partial charge in [-0.15, -0.1) is 0 Å². The molecule has 0 bridgehead atoms. The maximum absolute atomic E-state index is 11.9. The number of esters is 1. The largest absolute Gasteiger partial charge is 0.494 e. The molecule has 0 saturated carbocycles. The van der Waals surface area contributed by atoms with Gasteiger partial charge in [-0.3, -0.25) is 4.79 Å². The first kappa shape index (κ1) is 18.5. The van der Waals surface area contributed by atoms with E-state index in [9.17, 15) is 9.59 Å². The Morgan fingerprint density at radius 3 is 2.36 bits per heavy atom. The monoisotopic (exact) mass is 341 g/mol. The number of hydrogen-bond acceptors (Lipinski definition) is 4. The van der Waals surface area contributed by atoms with Gasteiger partial charge in [0.1, 0.15) is 5.75 Å². The fourth-order valence-electron chi connectivity index (χ4n) is 2.13. The van der Waals surface area contributed by atoms with Crippen molar-refractivity contribution in [2.75, 3.05) is 18.5 Å². The van der Waals surface area contributed by atoms with E-state index in [1.54, 1.807) is 24.3 Å². The molecule has 5 nitrogen and oxygen atoms in total. The summed E-state index contributed by atoms with van der Waals surface area (Å²) in [5, 5.41) is 2.80. The van der Waals surface area contributed by atoms with Gasteiger partial charge < -0.3 is 14.8 Å². The molecular formula is C20H23NO4. The van der Waals surface area contributed by atoms with Crippen molar-refractivity contribution in [1.29, 1.82) is 0 Å². The molecule has 5 heteroatoms. The molecule has 0 radical (unpaired) electrons. The molecule has 0 saturated heterocycles. The van der Waals surface area contributed by atoms with E-state index in [0.717, 1.165) is 12.2 Å². The molecule has 0 aliphatic carbocycles. The number of rotatable bonds is 9. The summed E-state index contributed by atoms with van der Waals surface area (Å²) in [5.41, 5.74) is 1.13. The molecule has 0 fully saturated rings. The zero-order valence-electron chi connectivity index (χ0n) is 14.4. The van der Waals surface area contributed by atoms with Gasteiger partial charge in [-0.1, -0.05) is 25.1 Å². The predicted molar refractivity (Wildman–Crippen MR) is 96.8 cm³/mol. The van der Waals surface area contributed by atoms with Crippen LogP contribution in [0.15, 0.2) is 54.6 Å². The molecule has 0 aliphatic heterocycles. The van der Waals surface area contributed by atoms with Crippen LogP contribution in [0.3, 0.4) is 0 Å². The van der Waals surface area contributed by atoms with E-state index in [1.165, 1.54) is 0 Å². The number of ether oxygens (including phenoxy) is 2. The standard InChI is InChI=1S/C20H23NO4/c1-2-14-25-20(23)16-10-12-17(13-11-16)21-19(22)9-6-15-24-18-7-4-3-5-8-18/h3-5,7-8,10-13H,2,6,9,14-15H2,1H3,(H,21,22). The van der Waals surface area contributed by atoms with Gasteiger partial charge in [-0.2, -0.15) is 0 Å². The second kappa shape index (κ2) is 10.1. The van der Waals surface area contributed by atoms with Crippen molar-refractivity contribution in [2.45, 2.75) is 26.2 Å². The van der Waals surface area contributed by atoms with Crippen LogP contribution in [0.25, 0.3) is 0 Å². The van der Waals surface area contributed by atoms with Gasteiger partial charge in [0.15, 0.2) is 0 Å². The van der Waals surface area contributed by atoms with Crippen LogP contribution in [0.4, 0.5) is 5.69 Å². The Hall–Kier alpha value is -2.82. The molecule has 0 unspecified atom stereocenters. The van der Waals surface area contributed by atoms with Crippen molar-refractivity contribution in [3.05, 3.63) is 60.2 Å². The van der Waals surface area contributed by atoms with Gasteiger partial charge in [0, 0.05) is 12.1 Å². The van der Waals surface area contributed by atoms with Gasteiger partial charge in [-0.05, 0) is 49.2 Å². The number of nitrogens with one attached hydrogen (secondary N) is 1. The number of carbonyl (C=O) groups excluding carboxylic acids is 2. The molecule has 2 aromatic carbocycles. The highest BCUT2D eigenvalue weighted by molar-refractivity contribution is 5.93. The minimum atomic E-state index is -0.349. The SMILES string of the molecule is CCCOC(=O)c1ccc(NC(=O)CCCOc2ccccc2)cc1. The van der Waals surface area contributed by atoms with Gasteiger partial charge >= 0.3 is 5.97 Å². The summed E-state index contributed by atoms with van der Waals surface area (Å²) in [6.45, 7) is 2.83. The van der Waals surface area contributed by atoms with E-state index >= 15 is 0 Å². The number of para-hydroxylation sites is 1. The summed E-state index contributed by atoms with van der Waals surface area (Å²) in [7, 11) is 0. The molecule has 1 amide bonds. The van der Waals surface area contributed by atoms with E-state index in [4.69, 9.17) is 9.47 Å². The van der Waals surface area contributed by atoms with Crippen LogP contribution in [0.1, 0.15) is 36.5 Å². The normalized spacial score (nSPS) is 10.1. The minimum absolute atomic E-state index is 0.0852. The maximum Gasteiger partial charge on any atom is 0.338 e. The van der Waals surface area contributed by atoms with Crippen molar-refractivity contribution < 1.29 is 19.1 Å². The van der Waals surface area contributed by atoms with Crippen molar-refractivity contribution in [1.82, 2.24) is 0 Å². The van der Waals surface area contributed by atoms with Crippen LogP contribution in [-0.2, 0) is 9.53 Å². The van der Waals surface area contributed by atoms with Crippen LogP contribution in [0.2, 0.25) is 0 Å². The Balaban J connectivity index is 1.70. The quantitative estimate of drug-likeness (QED) is 0.552. The Morgan fingerprint density at radius 2 is 1.68 bits per heavy atom. The van der Waals surface area contributed by atoms with Gasteiger partial charge in [0.05, 0.1) is 18.8 Å². The third-order valence-electron chi connectivity index (χ3n) is 3.40. The van der Waals surface area contributed by atoms with Crippen molar-refractivity contribution in [3.8, 4) is 5.75 Å². The first-order chi connectivity index (χ1) is 12.2. The van der Waals surface area contributed by atoms with E-state index < -0.39 is 0 Å². The average molecular weight is 341 g/mol. The van der Waals surface area contributed by atoms with Gasteiger partial charge in [-0.25, -0.2) is 4.79 Å². The molecule has 2 aromatic rings. The summed E-state index contributed by atoms with van der Waals surface area (Å²) in [5.74, 6) is 0.365. The van der Waals surface area contributed by atoms with E-state index in [0.29, 0.717) is 37.3 Å². The lowest BCUT2D eigenvalue weighted by Crippen LogP contribution is -2.13. The zero-order valence-corrected chi connectivity index (χ0v) is 14.4. The number of anilines is 1. The van der Waals surface area contributed by atoms with E-state index in [2.05, 4.69) is 5.32 Å². The maximum atomic E-state index is 11.9. The Bertz CT molecular complexity index is 668. The Morgan fingerprint density at radius 1 is 0.960 bits per heavy atom. The highest BCUT2D eigenvalue weighted by Gasteiger charge is 2.07. The topological polar surface area (TPSA) is 64.6 Å². The van der Waals surface area contributed by atoms with Gasteiger partial charge in [0.25, 0.3) is 0 Å². The molecular weight excluding hydrogens is 318 g/mol. The van der Waals surface area contributed by atoms with Crippen LogP contribution < -0.4 is 10.1 Å². The first-order valence-corrected chi connectivity index (χ1v) is 8.44. The smallest absolute Gasteiger partial charge is 0.338 e. The summed E-state index contributed by atoms with van der Waals surface area (Å²) in [6.07, 6.45) is 1.78. The van der Waals surface area contributed by atoms with Crippen molar-refractivity contribution in [3.63, 3.8) is 0 Å². The molecule has 0 aromatic heterocycles. The molecule has 0 spiro atoms. The first-order valence-electron chi connectivity index (χ1n) is 8.44. The second-order valence-corrected chi connectivity index (χ2v) is 5.53. The molecule has 1 N–H and O–H groups in total. The highest BCUT2D eigenvalue weighted by Crippen LogP contribution is 2.12. The van der Waals surface area contributed by atoms with Gasteiger partial charge in [0.2, 0.25) is 5.91 Å². The zero-order chi connectivity index (χ0) is 17.9. The fourth-order valence-corrected chi connectivity index (χ4v) is 2.13. The lowest BCUT2D eigenvalue weighted by molar-refractivity contribution is -0.116. The summed E-state index contributed by atoms with van der Waals surface area (Å²) in [6, 6.07) is 16.2. The molecule has 2 rings (SSSR count). The molecule has 25 heavy (non-hydrogen) atoms. The third kappa shape index (κ3) is 6.67. The second-order valence-electron chi connectivity index (χ2n) is 5.53. The molecule has 0 heterocycles. The lowest BCUT2D eigenvalue weighted by atomic mass is 10.2. The number of amides is 1. The summed E-state index contributed by atoms with van der Waals surface area (Å²) < 4.78 is 10.6. The van der Waals surface area contributed by atoms with Crippen molar-refractivity contribution >= 4 is 17.6 Å². The summed E-state index contributed by atoms with van der Waals surface area (Å²) >= 11 is 0.